The van der Waals surface area contributed by atoms with E-state index in [1.54, 1.807) is 0 Å². The molecule has 0 aliphatic carbocycles. The van der Waals surface area contributed by atoms with Crippen molar-refractivity contribution in [2.45, 2.75) is 19.3 Å². The second kappa shape index (κ2) is 6.00. The van der Waals surface area contributed by atoms with Gasteiger partial charge in [0.15, 0.2) is 5.90 Å². The van der Waals surface area contributed by atoms with Crippen LogP contribution in [0.5, 0.6) is 0 Å². The van der Waals surface area contributed by atoms with E-state index in [0.717, 1.165) is 6.42 Å². The average molecular weight is 257 g/mol. The van der Waals surface area contributed by atoms with Crippen molar-refractivity contribution in [1.29, 1.82) is 5.41 Å². The SMILES string of the molecule is N=C(CCCc1ccc2ccccc2c1)OC(=O)O. The second-order valence-corrected chi connectivity index (χ2v) is 4.33. The van der Waals surface area contributed by atoms with Crippen molar-refractivity contribution in [1.82, 2.24) is 0 Å². The molecule has 0 saturated carbocycles. The molecule has 0 saturated heterocycles. The van der Waals surface area contributed by atoms with Crippen molar-refractivity contribution in [3.63, 3.8) is 0 Å². The van der Waals surface area contributed by atoms with Gasteiger partial charge in [0.25, 0.3) is 0 Å². The number of hydrogen-bond acceptors (Lipinski definition) is 3. The molecule has 2 aromatic rings. The molecule has 0 aliphatic rings. The van der Waals surface area contributed by atoms with Gasteiger partial charge in [0.05, 0.1) is 0 Å². The Hall–Kier alpha value is -2.36. The minimum atomic E-state index is -1.42. The number of ether oxygens (including phenoxy) is 1. The minimum absolute atomic E-state index is 0.201. The van der Waals surface area contributed by atoms with Crippen LogP contribution in [-0.4, -0.2) is 17.2 Å². The lowest BCUT2D eigenvalue weighted by Crippen LogP contribution is -2.08. The standard InChI is InChI=1S/C15H15NO3/c16-14(19-15(17)18)7-3-4-11-8-9-12-5-1-2-6-13(12)10-11/h1-2,5-6,8-10,16H,3-4,7H2,(H,17,18). The topological polar surface area (TPSA) is 70.4 Å². The first kappa shape index (κ1) is 13.1. The van der Waals surface area contributed by atoms with Crippen LogP contribution in [0.3, 0.4) is 0 Å². The number of fused-ring (bicyclic) bond motifs is 1. The molecule has 0 aliphatic heterocycles. The second-order valence-electron chi connectivity index (χ2n) is 4.33. The van der Waals surface area contributed by atoms with Crippen LogP contribution in [0.15, 0.2) is 42.5 Å². The summed E-state index contributed by atoms with van der Waals surface area (Å²) in [5, 5.41) is 18.1. The zero-order valence-electron chi connectivity index (χ0n) is 10.4. The van der Waals surface area contributed by atoms with Crippen molar-refractivity contribution in [2.24, 2.45) is 0 Å². The van der Waals surface area contributed by atoms with Gasteiger partial charge in [0.1, 0.15) is 0 Å². The van der Waals surface area contributed by atoms with Gasteiger partial charge in [-0.05, 0) is 29.2 Å². The summed E-state index contributed by atoms with van der Waals surface area (Å²) in [4.78, 5) is 10.2. The molecular formula is C15H15NO3. The van der Waals surface area contributed by atoms with Gasteiger partial charge < -0.3 is 9.84 Å². The Morgan fingerprint density at radius 1 is 1.16 bits per heavy atom. The van der Waals surface area contributed by atoms with Crippen LogP contribution >= 0.6 is 0 Å². The Morgan fingerprint density at radius 3 is 2.63 bits per heavy atom. The van der Waals surface area contributed by atoms with E-state index in [1.807, 2.05) is 12.1 Å². The summed E-state index contributed by atoms with van der Waals surface area (Å²) < 4.78 is 4.26. The van der Waals surface area contributed by atoms with E-state index in [0.29, 0.717) is 12.8 Å². The Bertz CT molecular complexity index is 607. The average Bonchev–Trinajstić information content (AvgIpc) is 2.37. The predicted octanol–water partition coefficient (Wildman–Crippen LogP) is 3.83. The van der Waals surface area contributed by atoms with E-state index in [-0.39, 0.29) is 5.90 Å². The molecule has 2 rings (SSSR count). The van der Waals surface area contributed by atoms with Crippen LogP contribution < -0.4 is 0 Å². The number of carboxylic acid groups (broad SMARTS) is 1. The summed E-state index contributed by atoms with van der Waals surface area (Å²) in [7, 11) is 0. The number of hydrogen-bond donors (Lipinski definition) is 2. The molecule has 2 N–H and O–H groups in total. The minimum Gasteiger partial charge on any atom is -0.449 e. The quantitative estimate of drug-likeness (QED) is 0.496. The normalized spacial score (nSPS) is 10.3. The van der Waals surface area contributed by atoms with Crippen molar-refractivity contribution in [3.8, 4) is 0 Å². The number of benzene rings is 2. The molecule has 4 heteroatoms. The van der Waals surface area contributed by atoms with Crippen LogP contribution in [0, 0.1) is 5.41 Å². The fourth-order valence-corrected chi connectivity index (χ4v) is 2.00. The lowest BCUT2D eigenvalue weighted by atomic mass is 10.0. The maximum atomic E-state index is 10.2. The van der Waals surface area contributed by atoms with Crippen LogP contribution in [0.2, 0.25) is 0 Å². The molecule has 98 valence electrons. The van der Waals surface area contributed by atoms with Crippen LogP contribution in [0.25, 0.3) is 10.8 Å². The molecule has 0 spiro atoms. The number of rotatable bonds is 4. The fourth-order valence-electron chi connectivity index (χ4n) is 2.00. The Balaban J connectivity index is 1.91. The van der Waals surface area contributed by atoms with E-state index < -0.39 is 6.16 Å². The highest BCUT2D eigenvalue weighted by atomic mass is 16.7. The molecule has 19 heavy (non-hydrogen) atoms. The summed E-state index contributed by atoms with van der Waals surface area (Å²) >= 11 is 0. The number of aryl methyl sites for hydroxylation is 1. The van der Waals surface area contributed by atoms with Crippen molar-refractivity contribution >= 4 is 22.8 Å². The summed E-state index contributed by atoms with van der Waals surface area (Å²) in [6.07, 6.45) is 0.412. The first-order chi connectivity index (χ1) is 9.15. The van der Waals surface area contributed by atoms with E-state index >= 15 is 0 Å². The van der Waals surface area contributed by atoms with Crippen LogP contribution in [-0.2, 0) is 11.2 Å². The van der Waals surface area contributed by atoms with Gasteiger partial charge in [-0.1, -0.05) is 42.5 Å². The molecular weight excluding hydrogens is 242 g/mol. The van der Waals surface area contributed by atoms with Gasteiger partial charge in [-0.15, -0.1) is 0 Å². The Kier molecular flexibility index (Phi) is 4.13. The van der Waals surface area contributed by atoms with Gasteiger partial charge >= 0.3 is 6.16 Å². The summed E-state index contributed by atoms with van der Waals surface area (Å²) in [5.74, 6) is -0.201. The Morgan fingerprint density at radius 2 is 1.89 bits per heavy atom. The third-order valence-corrected chi connectivity index (χ3v) is 2.89. The maximum absolute atomic E-state index is 10.2. The van der Waals surface area contributed by atoms with Gasteiger partial charge in [-0.3, -0.25) is 5.41 Å². The van der Waals surface area contributed by atoms with Gasteiger partial charge in [0, 0.05) is 6.42 Å². The van der Waals surface area contributed by atoms with Gasteiger partial charge in [-0.2, -0.15) is 0 Å². The van der Waals surface area contributed by atoms with Crippen molar-refractivity contribution in [2.75, 3.05) is 0 Å². The molecule has 0 bridgehead atoms. The number of nitrogens with one attached hydrogen (secondary N) is 1. The summed E-state index contributed by atoms with van der Waals surface area (Å²) in [6.45, 7) is 0. The summed E-state index contributed by atoms with van der Waals surface area (Å²) in [5.41, 5.74) is 1.18. The molecule has 0 radical (unpaired) electrons. The lowest BCUT2D eigenvalue weighted by Gasteiger charge is -2.04. The molecule has 0 heterocycles. The van der Waals surface area contributed by atoms with Crippen molar-refractivity contribution in [3.05, 3.63) is 48.0 Å². The number of carbonyl (C=O) groups is 1. The zero-order valence-corrected chi connectivity index (χ0v) is 10.4. The molecule has 0 unspecified atom stereocenters. The molecule has 0 atom stereocenters. The third-order valence-electron chi connectivity index (χ3n) is 2.89. The van der Waals surface area contributed by atoms with Crippen molar-refractivity contribution < 1.29 is 14.6 Å². The van der Waals surface area contributed by atoms with Crippen LogP contribution in [0.4, 0.5) is 4.79 Å². The van der Waals surface area contributed by atoms with Crippen LogP contribution in [0.1, 0.15) is 18.4 Å². The highest BCUT2D eigenvalue weighted by molar-refractivity contribution is 5.83. The molecule has 0 amide bonds. The molecule has 2 aromatic carbocycles. The van der Waals surface area contributed by atoms with Gasteiger partial charge in [0.2, 0.25) is 0 Å². The largest absolute Gasteiger partial charge is 0.512 e. The smallest absolute Gasteiger partial charge is 0.449 e. The fraction of sp³-hybridized carbons (Fsp3) is 0.200. The molecule has 0 aromatic heterocycles. The lowest BCUT2D eigenvalue weighted by molar-refractivity contribution is 0.139. The first-order valence-electron chi connectivity index (χ1n) is 6.11. The predicted molar refractivity (Wildman–Crippen MR) is 73.7 cm³/mol. The molecule has 4 nitrogen and oxygen atoms in total. The highest BCUT2D eigenvalue weighted by Crippen LogP contribution is 2.17. The van der Waals surface area contributed by atoms with E-state index in [4.69, 9.17) is 10.5 Å². The monoisotopic (exact) mass is 257 g/mol. The third kappa shape index (κ3) is 3.81. The zero-order chi connectivity index (χ0) is 13.7. The summed E-state index contributed by atoms with van der Waals surface area (Å²) in [6, 6.07) is 14.4. The van der Waals surface area contributed by atoms with E-state index in [1.165, 1.54) is 16.3 Å². The van der Waals surface area contributed by atoms with Gasteiger partial charge in [-0.25, -0.2) is 4.79 Å². The van der Waals surface area contributed by atoms with E-state index in [2.05, 4.69) is 35.1 Å². The van der Waals surface area contributed by atoms with E-state index in [9.17, 15) is 4.79 Å². The maximum Gasteiger partial charge on any atom is 0.512 e. The Labute approximate surface area is 111 Å². The highest BCUT2D eigenvalue weighted by Gasteiger charge is 2.04. The molecule has 0 fully saturated rings. The first-order valence-corrected chi connectivity index (χ1v) is 6.11.